The van der Waals surface area contributed by atoms with E-state index in [9.17, 15) is 9.59 Å². The molecule has 0 aliphatic carbocycles. The van der Waals surface area contributed by atoms with Crippen molar-refractivity contribution in [3.8, 4) is 0 Å². The van der Waals surface area contributed by atoms with Crippen LogP contribution in [-0.4, -0.2) is 26.2 Å². The minimum Gasteiger partial charge on any atom is -0.466 e. The molecule has 0 bridgehead atoms. The maximum Gasteiger partial charge on any atom is 0.354 e. The minimum atomic E-state index is -0.640. The van der Waals surface area contributed by atoms with Crippen molar-refractivity contribution in [3.63, 3.8) is 0 Å². The monoisotopic (exact) mass is 235 g/mol. The molecule has 1 N–H and O–H groups in total. The summed E-state index contributed by atoms with van der Waals surface area (Å²) >= 11 is 0. The van der Waals surface area contributed by atoms with Crippen LogP contribution in [0.5, 0.6) is 0 Å². The first-order chi connectivity index (χ1) is 8.17. The summed E-state index contributed by atoms with van der Waals surface area (Å²) in [6.45, 7) is 0. The second kappa shape index (κ2) is 6.32. The van der Waals surface area contributed by atoms with E-state index in [1.807, 2.05) is 6.07 Å². The van der Waals surface area contributed by atoms with Crippen LogP contribution in [0.25, 0.3) is 0 Å². The van der Waals surface area contributed by atoms with Crippen LogP contribution in [0.2, 0.25) is 0 Å². The molecular formula is C12H13NO4. The van der Waals surface area contributed by atoms with Crippen molar-refractivity contribution < 1.29 is 19.1 Å². The van der Waals surface area contributed by atoms with Gasteiger partial charge in [-0.2, -0.15) is 0 Å². The van der Waals surface area contributed by atoms with Crippen LogP contribution < -0.4 is 5.32 Å². The Bertz CT molecular complexity index is 425. The number of methoxy groups -OCH3 is 2. The molecular weight excluding hydrogens is 222 g/mol. The summed E-state index contributed by atoms with van der Waals surface area (Å²) in [5.74, 6) is -1.27. The molecule has 1 aromatic carbocycles. The van der Waals surface area contributed by atoms with Gasteiger partial charge in [-0.25, -0.2) is 9.59 Å². The molecule has 1 rings (SSSR count). The van der Waals surface area contributed by atoms with Gasteiger partial charge in [0.25, 0.3) is 0 Å². The fraction of sp³-hybridized carbons (Fsp3) is 0.167. The molecule has 0 aromatic heterocycles. The lowest BCUT2D eigenvalue weighted by Crippen LogP contribution is -2.15. The first-order valence-corrected chi connectivity index (χ1v) is 4.87. The summed E-state index contributed by atoms with van der Waals surface area (Å²) in [7, 11) is 2.47. The lowest BCUT2D eigenvalue weighted by atomic mass is 10.3. The van der Waals surface area contributed by atoms with Crippen LogP contribution in [0.1, 0.15) is 0 Å². The molecule has 0 saturated carbocycles. The van der Waals surface area contributed by atoms with E-state index in [0.29, 0.717) is 5.69 Å². The number of hydrogen-bond acceptors (Lipinski definition) is 5. The van der Waals surface area contributed by atoms with Gasteiger partial charge in [0.1, 0.15) is 5.70 Å². The SMILES string of the molecule is COC(=O)C=C(Nc1ccccc1)C(=O)OC. The van der Waals surface area contributed by atoms with Crippen LogP contribution in [-0.2, 0) is 19.1 Å². The smallest absolute Gasteiger partial charge is 0.354 e. The molecule has 0 saturated heterocycles. The van der Waals surface area contributed by atoms with Crippen molar-refractivity contribution in [3.05, 3.63) is 42.1 Å². The molecule has 5 heteroatoms. The van der Waals surface area contributed by atoms with Gasteiger partial charge >= 0.3 is 11.9 Å². The number of carbonyl (C=O) groups is 2. The molecule has 17 heavy (non-hydrogen) atoms. The highest BCUT2D eigenvalue weighted by Gasteiger charge is 2.12. The predicted octanol–water partition coefficient (Wildman–Crippen LogP) is 1.33. The number of ether oxygens (including phenoxy) is 2. The summed E-state index contributed by atoms with van der Waals surface area (Å²) in [4.78, 5) is 22.5. The fourth-order valence-corrected chi connectivity index (χ4v) is 1.11. The summed E-state index contributed by atoms with van der Waals surface area (Å²) in [6, 6.07) is 8.96. The van der Waals surface area contributed by atoms with Crippen molar-refractivity contribution in [2.75, 3.05) is 19.5 Å². The van der Waals surface area contributed by atoms with Crippen LogP contribution in [0.3, 0.4) is 0 Å². The van der Waals surface area contributed by atoms with Crippen LogP contribution >= 0.6 is 0 Å². The second-order valence-electron chi connectivity index (χ2n) is 3.06. The van der Waals surface area contributed by atoms with Gasteiger partial charge in [-0.1, -0.05) is 18.2 Å². The van der Waals surface area contributed by atoms with E-state index in [4.69, 9.17) is 0 Å². The molecule has 90 valence electrons. The van der Waals surface area contributed by atoms with E-state index in [1.165, 1.54) is 14.2 Å². The Morgan fingerprint density at radius 2 is 1.76 bits per heavy atom. The standard InChI is InChI=1S/C12H13NO4/c1-16-11(14)8-10(12(15)17-2)13-9-6-4-3-5-7-9/h3-8,13H,1-2H3. The molecule has 0 spiro atoms. The second-order valence-corrected chi connectivity index (χ2v) is 3.06. The average molecular weight is 235 g/mol. The number of hydrogen-bond donors (Lipinski definition) is 1. The topological polar surface area (TPSA) is 64.6 Å². The van der Waals surface area contributed by atoms with Crippen molar-refractivity contribution in [2.45, 2.75) is 0 Å². The Morgan fingerprint density at radius 1 is 1.12 bits per heavy atom. The highest BCUT2D eigenvalue weighted by molar-refractivity contribution is 5.98. The zero-order chi connectivity index (χ0) is 12.7. The number of para-hydroxylation sites is 1. The Labute approximate surface area is 99.0 Å². The van der Waals surface area contributed by atoms with Crippen molar-refractivity contribution in [1.29, 1.82) is 0 Å². The maximum atomic E-state index is 11.4. The Kier molecular flexibility index (Phi) is 4.75. The molecule has 5 nitrogen and oxygen atoms in total. The number of esters is 2. The number of benzene rings is 1. The number of anilines is 1. The molecule has 0 unspecified atom stereocenters. The molecule has 0 aliphatic heterocycles. The number of rotatable bonds is 4. The van der Waals surface area contributed by atoms with Gasteiger partial charge in [0.05, 0.1) is 20.3 Å². The van der Waals surface area contributed by atoms with E-state index in [-0.39, 0.29) is 5.70 Å². The summed E-state index contributed by atoms with van der Waals surface area (Å²) in [6.07, 6.45) is 1.04. The third-order valence-corrected chi connectivity index (χ3v) is 1.92. The van der Waals surface area contributed by atoms with E-state index in [2.05, 4.69) is 14.8 Å². The summed E-state index contributed by atoms with van der Waals surface area (Å²) in [5.41, 5.74) is 0.693. The zero-order valence-electron chi connectivity index (χ0n) is 9.60. The number of nitrogens with one attached hydrogen (secondary N) is 1. The molecule has 0 heterocycles. The molecule has 0 radical (unpaired) electrons. The molecule has 0 fully saturated rings. The lowest BCUT2D eigenvalue weighted by Gasteiger charge is -2.08. The van der Waals surface area contributed by atoms with Crippen LogP contribution in [0.15, 0.2) is 42.1 Å². The highest BCUT2D eigenvalue weighted by atomic mass is 16.5. The van der Waals surface area contributed by atoms with E-state index < -0.39 is 11.9 Å². The maximum absolute atomic E-state index is 11.4. The largest absolute Gasteiger partial charge is 0.466 e. The molecule has 0 atom stereocenters. The predicted molar refractivity (Wildman–Crippen MR) is 62.2 cm³/mol. The quantitative estimate of drug-likeness (QED) is 0.630. The third-order valence-electron chi connectivity index (χ3n) is 1.92. The molecule has 0 aliphatic rings. The van der Waals surface area contributed by atoms with Gasteiger partial charge in [0.2, 0.25) is 0 Å². The Balaban J connectivity index is 2.89. The average Bonchev–Trinajstić information content (AvgIpc) is 2.38. The highest BCUT2D eigenvalue weighted by Crippen LogP contribution is 2.10. The van der Waals surface area contributed by atoms with Gasteiger partial charge in [-0.15, -0.1) is 0 Å². The van der Waals surface area contributed by atoms with Crippen molar-refractivity contribution >= 4 is 17.6 Å². The van der Waals surface area contributed by atoms with Gasteiger partial charge in [0, 0.05) is 5.69 Å². The van der Waals surface area contributed by atoms with Crippen molar-refractivity contribution in [2.24, 2.45) is 0 Å². The van der Waals surface area contributed by atoms with Gasteiger partial charge in [0.15, 0.2) is 0 Å². The van der Waals surface area contributed by atoms with Crippen molar-refractivity contribution in [1.82, 2.24) is 0 Å². The van der Waals surface area contributed by atoms with Gasteiger partial charge in [-0.05, 0) is 12.1 Å². The minimum absolute atomic E-state index is 0.0190. The summed E-state index contributed by atoms with van der Waals surface area (Å²) < 4.78 is 9.00. The van der Waals surface area contributed by atoms with Gasteiger partial charge in [-0.3, -0.25) is 0 Å². The zero-order valence-corrected chi connectivity index (χ0v) is 9.60. The Hall–Kier alpha value is -2.30. The van der Waals surface area contributed by atoms with E-state index in [1.54, 1.807) is 24.3 Å². The third kappa shape index (κ3) is 3.98. The fourth-order valence-electron chi connectivity index (χ4n) is 1.11. The lowest BCUT2D eigenvalue weighted by molar-refractivity contribution is -0.138. The van der Waals surface area contributed by atoms with Crippen LogP contribution in [0, 0.1) is 0 Å². The number of carbonyl (C=O) groups excluding carboxylic acids is 2. The van der Waals surface area contributed by atoms with Crippen LogP contribution in [0.4, 0.5) is 5.69 Å². The molecule has 0 amide bonds. The molecule has 1 aromatic rings. The first-order valence-electron chi connectivity index (χ1n) is 4.87. The Morgan fingerprint density at radius 3 is 2.29 bits per heavy atom. The van der Waals surface area contributed by atoms with E-state index >= 15 is 0 Å². The normalized spacial score (nSPS) is 10.6. The van der Waals surface area contributed by atoms with Gasteiger partial charge < -0.3 is 14.8 Å². The first kappa shape index (κ1) is 12.8. The van der Waals surface area contributed by atoms with E-state index in [0.717, 1.165) is 6.08 Å². The summed E-state index contributed by atoms with van der Waals surface area (Å²) in [5, 5.41) is 2.78.